The van der Waals surface area contributed by atoms with Gasteiger partial charge in [-0.15, -0.1) is 0 Å². The molecule has 0 saturated carbocycles. The molecule has 3 aromatic rings. The summed E-state index contributed by atoms with van der Waals surface area (Å²) in [6.45, 7) is 10.7. The number of ether oxygens (including phenoxy) is 3. The number of benzene rings is 2. The maximum Gasteiger partial charge on any atom is 0.351 e. The van der Waals surface area contributed by atoms with Gasteiger partial charge in [0.2, 0.25) is 0 Å². The van der Waals surface area contributed by atoms with Gasteiger partial charge >= 0.3 is 5.69 Å². The number of nitrogens with zero attached hydrogens (tertiary/aromatic N) is 2. The van der Waals surface area contributed by atoms with Crippen molar-refractivity contribution in [2.45, 2.75) is 43.4 Å². The first kappa shape index (κ1) is 23.9. The average molecular weight is 478 g/mol. The van der Waals surface area contributed by atoms with Gasteiger partial charge in [-0.3, -0.25) is 4.57 Å². The fourth-order valence-electron chi connectivity index (χ4n) is 4.30. The highest BCUT2D eigenvalue weighted by molar-refractivity contribution is 6.15. The molecule has 178 valence electrons. The summed E-state index contributed by atoms with van der Waals surface area (Å²) in [5.41, 5.74) is 5.20. The van der Waals surface area contributed by atoms with E-state index >= 15 is 0 Å². The zero-order valence-corrected chi connectivity index (χ0v) is 22.0. The lowest BCUT2D eigenvalue weighted by Gasteiger charge is -2.37. The highest BCUT2D eigenvalue weighted by atomic mass is 28.1. The number of nitrogens with two attached hydrogens (primary N) is 1. The zero-order chi connectivity index (χ0) is 24.6. The molecule has 1 aliphatic heterocycles. The van der Waals surface area contributed by atoms with E-state index in [0.29, 0.717) is 21.6 Å². The molecule has 1 aromatic heterocycles. The number of hydrogen-bond donors (Lipinski definition) is 1. The van der Waals surface area contributed by atoms with Gasteiger partial charge in [-0.25, -0.2) is 4.79 Å². The van der Waals surface area contributed by atoms with Crippen LogP contribution in [0.5, 0.6) is 5.75 Å². The van der Waals surface area contributed by atoms with Crippen molar-refractivity contribution in [3.05, 3.63) is 101 Å². The van der Waals surface area contributed by atoms with Crippen molar-refractivity contribution in [3.63, 3.8) is 0 Å². The average Bonchev–Trinajstić information content (AvgIpc) is 3.01. The zero-order valence-electron chi connectivity index (χ0n) is 20.0. The SMILES string of the molecule is C=C1[C@@](Oc2ccccc2)(c2ccccc2)[C@@H](COC(C)(C)C)O[C@@]1([SiH3])n1ccc(N)nc1=O. The van der Waals surface area contributed by atoms with Crippen molar-refractivity contribution >= 4 is 16.1 Å². The van der Waals surface area contributed by atoms with Crippen molar-refractivity contribution in [1.82, 2.24) is 9.55 Å². The molecule has 1 fully saturated rings. The smallest absolute Gasteiger partial charge is 0.351 e. The maximum absolute atomic E-state index is 12.9. The van der Waals surface area contributed by atoms with Crippen LogP contribution in [-0.2, 0) is 20.4 Å². The van der Waals surface area contributed by atoms with Gasteiger partial charge in [0, 0.05) is 17.3 Å². The molecule has 0 bridgehead atoms. The minimum absolute atomic E-state index is 0.151. The Hall–Kier alpha value is -3.20. The van der Waals surface area contributed by atoms with E-state index in [4.69, 9.17) is 19.9 Å². The van der Waals surface area contributed by atoms with Crippen molar-refractivity contribution in [2.75, 3.05) is 12.3 Å². The molecule has 0 unspecified atom stereocenters. The number of rotatable bonds is 6. The first-order valence-electron chi connectivity index (χ1n) is 11.2. The minimum atomic E-state index is -1.13. The van der Waals surface area contributed by atoms with Gasteiger partial charge in [-0.05, 0) is 39.0 Å². The molecule has 0 spiro atoms. The monoisotopic (exact) mass is 477 g/mol. The molecule has 8 heteroatoms. The van der Waals surface area contributed by atoms with Crippen LogP contribution in [0.15, 0.2) is 89.9 Å². The number of para-hydroxylation sites is 1. The molecule has 2 N–H and O–H groups in total. The van der Waals surface area contributed by atoms with Gasteiger partial charge < -0.3 is 19.9 Å². The lowest BCUT2D eigenvalue weighted by molar-refractivity contribution is -0.129. The third-order valence-corrected chi connectivity index (χ3v) is 7.33. The highest BCUT2D eigenvalue weighted by Crippen LogP contribution is 2.52. The number of aromatic nitrogens is 2. The van der Waals surface area contributed by atoms with Crippen LogP contribution in [0.1, 0.15) is 26.3 Å². The molecule has 1 aliphatic rings. The van der Waals surface area contributed by atoms with Crippen LogP contribution in [0.25, 0.3) is 0 Å². The fraction of sp³-hybridized carbons (Fsp3) is 0.308. The van der Waals surface area contributed by atoms with E-state index in [2.05, 4.69) is 11.6 Å². The summed E-state index contributed by atoms with van der Waals surface area (Å²) in [5.74, 6) is 0.808. The van der Waals surface area contributed by atoms with Crippen LogP contribution in [0.3, 0.4) is 0 Å². The normalized spacial score (nSPS) is 24.9. The third-order valence-electron chi connectivity index (χ3n) is 6.01. The Morgan fingerprint density at radius 2 is 1.74 bits per heavy atom. The van der Waals surface area contributed by atoms with E-state index in [1.165, 1.54) is 4.57 Å². The van der Waals surface area contributed by atoms with Gasteiger partial charge in [-0.2, -0.15) is 4.98 Å². The second-order valence-electron chi connectivity index (χ2n) is 9.51. The van der Waals surface area contributed by atoms with Crippen LogP contribution < -0.4 is 16.2 Å². The Morgan fingerprint density at radius 3 is 2.32 bits per heavy atom. The lowest BCUT2D eigenvalue weighted by atomic mass is 9.82. The molecule has 2 heterocycles. The van der Waals surface area contributed by atoms with Crippen LogP contribution in [0.2, 0.25) is 0 Å². The molecule has 7 nitrogen and oxygen atoms in total. The second-order valence-corrected chi connectivity index (χ2v) is 10.9. The standard InChI is InChI=1S/C26H31N3O4Si/c1-18-25(19-11-7-5-8-12-19,32-20-13-9-6-10-14-20)21(17-31-24(2,3)4)33-26(18,34)29-16-15-22(27)28-23(29)30/h5-16,21H,1,17H2,2-4,34H3,(H2,27,28,30)/t21-,25-,26+/m1/s1. The number of nitrogen functional groups attached to an aromatic ring is 1. The predicted octanol–water partition coefficient (Wildman–Crippen LogP) is 2.55. The Labute approximate surface area is 202 Å². The van der Waals surface area contributed by atoms with Crippen LogP contribution in [0, 0.1) is 0 Å². The summed E-state index contributed by atoms with van der Waals surface area (Å²) in [4.78, 5) is 16.8. The van der Waals surface area contributed by atoms with E-state index in [-0.39, 0.29) is 12.4 Å². The Morgan fingerprint density at radius 1 is 1.12 bits per heavy atom. The molecule has 3 atom stereocenters. The number of hydrogen-bond acceptors (Lipinski definition) is 6. The predicted molar refractivity (Wildman–Crippen MR) is 136 cm³/mol. The molecule has 0 amide bonds. The molecule has 2 aromatic carbocycles. The van der Waals surface area contributed by atoms with E-state index < -0.39 is 28.3 Å². The molecule has 4 rings (SSSR count). The van der Waals surface area contributed by atoms with Gasteiger partial charge in [0.05, 0.1) is 22.5 Å². The van der Waals surface area contributed by atoms with Crippen molar-refractivity contribution < 1.29 is 14.2 Å². The minimum Gasteiger partial charge on any atom is -0.475 e. The molecular weight excluding hydrogens is 446 g/mol. The molecule has 0 radical (unpaired) electrons. The quantitative estimate of drug-likeness (QED) is 0.434. The van der Waals surface area contributed by atoms with E-state index in [1.807, 2.05) is 81.4 Å². The summed E-state index contributed by atoms with van der Waals surface area (Å²) in [5, 5.41) is -1.13. The highest BCUT2D eigenvalue weighted by Gasteiger charge is 2.61. The first-order valence-corrected chi connectivity index (χ1v) is 12.2. The van der Waals surface area contributed by atoms with Gasteiger partial charge in [0.15, 0.2) is 5.60 Å². The van der Waals surface area contributed by atoms with Crippen molar-refractivity contribution in [1.29, 1.82) is 0 Å². The van der Waals surface area contributed by atoms with Crippen LogP contribution in [0.4, 0.5) is 5.82 Å². The van der Waals surface area contributed by atoms with E-state index in [0.717, 1.165) is 5.56 Å². The summed E-state index contributed by atoms with van der Waals surface area (Å²) < 4.78 is 21.1. The first-order chi connectivity index (χ1) is 16.1. The van der Waals surface area contributed by atoms with E-state index in [1.54, 1.807) is 12.3 Å². The van der Waals surface area contributed by atoms with Crippen LogP contribution >= 0.6 is 0 Å². The van der Waals surface area contributed by atoms with Gasteiger partial charge in [0.1, 0.15) is 23.0 Å². The maximum atomic E-state index is 12.9. The third kappa shape index (κ3) is 4.32. The fourth-order valence-corrected chi connectivity index (χ4v) is 5.29. The van der Waals surface area contributed by atoms with Crippen molar-refractivity contribution in [2.24, 2.45) is 0 Å². The molecule has 1 saturated heterocycles. The van der Waals surface area contributed by atoms with E-state index in [9.17, 15) is 4.79 Å². The summed E-state index contributed by atoms with van der Waals surface area (Å²) in [6, 6.07) is 20.9. The Kier molecular flexibility index (Phi) is 6.24. The topological polar surface area (TPSA) is 88.6 Å². The molecule has 34 heavy (non-hydrogen) atoms. The Balaban J connectivity index is 1.92. The summed E-state index contributed by atoms with van der Waals surface area (Å²) >= 11 is 0. The Bertz CT molecular complexity index is 1230. The van der Waals surface area contributed by atoms with Gasteiger partial charge in [-0.1, -0.05) is 55.1 Å². The largest absolute Gasteiger partial charge is 0.475 e. The summed E-state index contributed by atoms with van der Waals surface area (Å²) in [7, 11) is 0.399. The summed E-state index contributed by atoms with van der Waals surface area (Å²) in [6.07, 6.45) is 1.01. The molecule has 0 aliphatic carbocycles. The van der Waals surface area contributed by atoms with Gasteiger partial charge in [0.25, 0.3) is 0 Å². The lowest BCUT2D eigenvalue weighted by Crippen LogP contribution is -2.47. The van der Waals surface area contributed by atoms with Crippen molar-refractivity contribution in [3.8, 4) is 5.75 Å². The molecular formula is C26H31N3O4Si. The van der Waals surface area contributed by atoms with Crippen LogP contribution in [-0.4, -0.2) is 38.1 Å². The second kappa shape index (κ2) is 8.86. The number of anilines is 1.